The van der Waals surface area contributed by atoms with Crippen LogP contribution in [0.25, 0.3) is 0 Å². The van der Waals surface area contributed by atoms with Crippen LogP contribution >= 0.6 is 0 Å². The van der Waals surface area contributed by atoms with Crippen LogP contribution in [0.15, 0.2) is 47.4 Å². The first-order valence-electron chi connectivity index (χ1n) is 10.5. The molecule has 1 amide bonds. The van der Waals surface area contributed by atoms with Crippen molar-refractivity contribution >= 4 is 15.9 Å². The van der Waals surface area contributed by atoms with Gasteiger partial charge in [0.15, 0.2) is 0 Å². The third kappa shape index (κ3) is 5.50. The molecule has 1 N–H and O–H groups in total. The predicted octanol–water partition coefficient (Wildman–Crippen LogP) is 3.38. The van der Waals surface area contributed by atoms with Crippen LogP contribution < -0.4 is 5.32 Å². The predicted molar refractivity (Wildman–Crippen MR) is 119 cm³/mol. The molecule has 1 aliphatic heterocycles. The van der Waals surface area contributed by atoms with Gasteiger partial charge in [-0.15, -0.1) is 0 Å². The fourth-order valence-electron chi connectivity index (χ4n) is 3.81. The van der Waals surface area contributed by atoms with E-state index in [9.17, 15) is 17.6 Å². The number of carbonyl (C=O) groups is 1. The zero-order valence-corrected chi connectivity index (χ0v) is 19.1. The number of amides is 1. The molecule has 0 spiro atoms. The van der Waals surface area contributed by atoms with Crippen LogP contribution in [-0.4, -0.2) is 50.2 Å². The average molecular weight is 448 g/mol. The van der Waals surface area contributed by atoms with E-state index in [0.717, 1.165) is 40.7 Å². The zero-order valence-electron chi connectivity index (χ0n) is 18.3. The van der Waals surface area contributed by atoms with Crippen LogP contribution in [0.2, 0.25) is 0 Å². The van der Waals surface area contributed by atoms with Gasteiger partial charge in [-0.05, 0) is 55.6 Å². The molecule has 8 heteroatoms. The highest BCUT2D eigenvalue weighted by molar-refractivity contribution is 7.89. The van der Waals surface area contributed by atoms with E-state index in [4.69, 9.17) is 0 Å². The van der Waals surface area contributed by atoms with Crippen molar-refractivity contribution in [2.24, 2.45) is 0 Å². The summed E-state index contributed by atoms with van der Waals surface area (Å²) in [5.74, 6) is -1.33. The van der Waals surface area contributed by atoms with E-state index in [1.807, 2.05) is 18.2 Å². The first kappa shape index (κ1) is 23.4. The number of likely N-dealkylation sites (tertiary alicyclic amines) is 1. The molecular weight excluding hydrogens is 417 g/mol. The van der Waals surface area contributed by atoms with Crippen molar-refractivity contribution < 1.29 is 17.6 Å². The number of halogens is 1. The molecule has 2 aromatic rings. The SMILES string of the molecule is CC1CCCCN1Cc1ccccc1CNC(=O)c1ccc(F)c(S(=O)(=O)N(C)C)c1. The molecule has 0 saturated carbocycles. The van der Waals surface area contributed by atoms with Gasteiger partial charge in [0.25, 0.3) is 5.91 Å². The van der Waals surface area contributed by atoms with Crippen LogP contribution in [0.5, 0.6) is 0 Å². The van der Waals surface area contributed by atoms with E-state index in [1.165, 1.54) is 39.4 Å². The Morgan fingerprint density at radius 1 is 1.16 bits per heavy atom. The third-order valence-electron chi connectivity index (χ3n) is 5.82. The number of sulfonamides is 1. The topological polar surface area (TPSA) is 69.7 Å². The van der Waals surface area contributed by atoms with Gasteiger partial charge < -0.3 is 5.32 Å². The molecule has 6 nitrogen and oxygen atoms in total. The van der Waals surface area contributed by atoms with Crippen molar-refractivity contribution in [3.8, 4) is 0 Å². The summed E-state index contributed by atoms with van der Waals surface area (Å²) >= 11 is 0. The molecule has 0 aliphatic carbocycles. The molecule has 1 unspecified atom stereocenters. The van der Waals surface area contributed by atoms with Crippen LogP contribution in [0, 0.1) is 5.82 Å². The van der Waals surface area contributed by atoms with Crippen molar-refractivity contribution in [3.05, 3.63) is 65.0 Å². The van der Waals surface area contributed by atoms with Crippen molar-refractivity contribution in [2.75, 3.05) is 20.6 Å². The van der Waals surface area contributed by atoms with Gasteiger partial charge in [-0.25, -0.2) is 17.1 Å². The molecule has 0 radical (unpaired) electrons. The summed E-state index contributed by atoms with van der Waals surface area (Å²) in [5.41, 5.74) is 2.27. The summed E-state index contributed by atoms with van der Waals surface area (Å²) in [5, 5.41) is 2.84. The highest BCUT2D eigenvalue weighted by Crippen LogP contribution is 2.22. The molecule has 1 atom stereocenters. The third-order valence-corrected chi connectivity index (χ3v) is 7.65. The molecule has 0 aromatic heterocycles. The van der Waals surface area contributed by atoms with Crippen LogP contribution in [0.4, 0.5) is 4.39 Å². The molecule has 1 heterocycles. The largest absolute Gasteiger partial charge is 0.348 e. The lowest BCUT2D eigenvalue weighted by Gasteiger charge is -2.33. The molecule has 2 aromatic carbocycles. The molecule has 1 aliphatic rings. The molecular formula is C23H30FN3O3S. The minimum atomic E-state index is -3.99. The molecule has 31 heavy (non-hydrogen) atoms. The van der Waals surface area contributed by atoms with Gasteiger partial charge in [-0.1, -0.05) is 30.7 Å². The number of nitrogens with zero attached hydrogens (tertiary/aromatic N) is 2. The lowest BCUT2D eigenvalue weighted by molar-refractivity contribution is 0.0950. The zero-order chi connectivity index (χ0) is 22.6. The Labute approximate surface area is 184 Å². The van der Waals surface area contributed by atoms with E-state index in [0.29, 0.717) is 12.6 Å². The molecule has 3 rings (SSSR count). The van der Waals surface area contributed by atoms with E-state index in [1.54, 1.807) is 0 Å². The van der Waals surface area contributed by atoms with Crippen molar-refractivity contribution in [1.82, 2.24) is 14.5 Å². The minimum absolute atomic E-state index is 0.101. The quantitative estimate of drug-likeness (QED) is 0.707. The number of rotatable bonds is 7. The highest BCUT2D eigenvalue weighted by atomic mass is 32.2. The molecule has 168 valence electrons. The highest BCUT2D eigenvalue weighted by Gasteiger charge is 2.24. The van der Waals surface area contributed by atoms with Gasteiger partial charge in [0.1, 0.15) is 10.7 Å². The number of piperidine rings is 1. The number of carbonyl (C=O) groups excluding carboxylic acids is 1. The van der Waals surface area contributed by atoms with Gasteiger partial charge in [-0.2, -0.15) is 0 Å². The van der Waals surface area contributed by atoms with Crippen LogP contribution in [-0.2, 0) is 23.1 Å². The Hall–Kier alpha value is -2.29. The van der Waals surface area contributed by atoms with E-state index < -0.39 is 26.6 Å². The smallest absolute Gasteiger partial charge is 0.251 e. The van der Waals surface area contributed by atoms with Crippen molar-refractivity contribution in [2.45, 2.75) is 50.2 Å². The number of hydrogen-bond donors (Lipinski definition) is 1. The van der Waals surface area contributed by atoms with E-state index in [2.05, 4.69) is 23.2 Å². The minimum Gasteiger partial charge on any atom is -0.348 e. The first-order chi connectivity index (χ1) is 14.7. The number of benzene rings is 2. The van der Waals surface area contributed by atoms with E-state index in [-0.39, 0.29) is 5.56 Å². The Morgan fingerprint density at radius 3 is 2.55 bits per heavy atom. The average Bonchev–Trinajstić information content (AvgIpc) is 2.74. The van der Waals surface area contributed by atoms with Crippen molar-refractivity contribution in [3.63, 3.8) is 0 Å². The second-order valence-corrected chi connectivity index (χ2v) is 10.3. The van der Waals surface area contributed by atoms with Gasteiger partial charge in [0, 0.05) is 38.8 Å². The van der Waals surface area contributed by atoms with Crippen LogP contribution in [0.3, 0.4) is 0 Å². The maximum atomic E-state index is 14.1. The van der Waals surface area contributed by atoms with Crippen molar-refractivity contribution in [1.29, 1.82) is 0 Å². The lowest BCUT2D eigenvalue weighted by atomic mass is 10.0. The second-order valence-electron chi connectivity index (χ2n) is 8.20. The molecule has 1 saturated heterocycles. The summed E-state index contributed by atoms with van der Waals surface area (Å²) in [7, 11) is -1.34. The number of hydrogen-bond acceptors (Lipinski definition) is 4. The Bertz CT molecular complexity index is 1040. The van der Waals surface area contributed by atoms with Gasteiger partial charge in [-0.3, -0.25) is 9.69 Å². The standard InChI is InChI=1S/C23H30FN3O3S/c1-17-8-6-7-13-27(17)16-20-10-5-4-9-19(20)15-25-23(28)18-11-12-21(24)22(14-18)31(29,30)26(2)3/h4-5,9-12,14,17H,6-8,13,15-16H2,1-3H3,(H,25,28). The Morgan fingerprint density at radius 2 is 1.87 bits per heavy atom. The maximum absolute atomic E-state index is 14.1. The number of nitrogens with one attached hydrogen (secondary N) is 1. The molecule has 0 bridgehead atoms. The fraction of sp³-hybridized carbons (Fsp3) is 0.435. The summed E-state index contributed by atoms with van der Waals surface area (Å²) < 4.78 is 39.7. The summed E-state index contributed by atoms with van der Waals surface area (Å²) in [6, 6.07) is 11.9. The lowest BCUT2D eigenvalue weighted by Crippen LogP contribution is -2.37. The normalized spacial score (nSPS) is 17.6. The molecule has 1 fully saturated rings. The Balaban J connectivity index is 1.73. The Kier molecular flexibility index (Phi) is 7.46. The monoisotopic (exact) mass is 447 g/mol. The fourth-order valence-corrected chi connectivity index (χ4v) is 4.80. The first-order valence-corrected chi connectivity index (χ1v) is 11.9. The maximum Gasteiger partial charge on any atom is 0.251 e. The van der Waals surface area contributed by atoms with E-state index >= 15 is 0 Å². The summed E-state index contributed by atoms with van der Waals surface area (Å²) in [6.45, 7) is 4.46. The van der Waals surface area contributed by atoms with Gasteiger partial charge in [0.2, 0.25) is 10.0 Å². The van der Waals surface area contributed by atoms with Crippen LogP contribution in [0.1, 0.15) is 47.7 Å². The second kappa shape index (κ2) is 9.89. The summed E-state index contributed by atoms with van der Waals surface area (Å²) in [6.07, 6.45) is 3.66. The summed E-state index contributed by atoms with van der Waals surface area (Å²) in [4.78, 5) is 14.6. The van der Waals surface area contributed by atoms with Gasteiger partial charge >= 0.3 is 0 Å². The van der Waals surface area contributed by atoms with Gasteiger partial charge in [0.05, 0.1) is 0 Å².